The van der Waals surface area contributed by atoms with Gasteiger partial charge in [-0.2, -0.15) is 0 Å². The summed E-state index contributed by atoms with van der Waals surface area (Å²) in [5.41, 5.74) is -0.102. The lowest BCUT2D eigenvalue weighted by Gasteiger charge is -2.42. The highest BCUT2D eigenvalue weighted by Gasteiger charge is 2.66. The molecule has 0 aliphatic rings. The summed E-state index contributed by atoms with van der Waals surface area (Å²) in [7, 11) is -9.63. The van der Waals surface area contributed by atoms with Gasteiger partial charge in [0.1, 0.15) is 4.90 Å². The van der Waals surface area contributed by atoms with Crippen molar-refractivity contribution in [2.75, 3.05) is 0 Å². The summed E-state index contributed by atoms with van der Waals surface area (Å²) in [4.78, 5) is -1.86. The molecule has 1 aromatic rings. The SMILES string of the molecule is C=C(C)c1cc(C)ccc1S(F)(F)(F)(F)F. The molecule has 6 heteroatoms. The zero-order chi connectivity index (χ0) is 12.8. The van der Waals surface area contributed by atoms with Gasteiger partial charge in [-0.05, 0) is 31.1 Å². The highest BCUT2D eigenvalue weighted by Crippen LogP contribution is 3.02. The molecule has 1 rings (SSSR count). The van der Waals surface area contributed by atoms with Crippen LogP contribution in [0.25, 0.3) is 5.57 Å². The van der Waals surface area contributed by atoms with E-state index in [0.29, 0.717) is 11.6 Å². The van der Waals surface area contributed by atoms with E-state index in [1.165, 1.54) is 13.8 Å². The Kier molecular flexibility index (Phi) is 2.28. The van der Waals surface area contributed by atoms with E-state index < -0.39 is 20.7 Å². The van der Waals surface area contributed by atoms with Gasteiger partial charge in [0.25, 0.3) is 0 Å². The van der Waals surface area contributed by atoms with E-state index in [1.807, 2.05) is 0 Å². The van der Waals surface area contributed by atoms with Crippen LogP contribution in [0.5, 0.6) is 0 Å². The standard InChI is InChI=1S/C10H11F5S/c1-7(2)9-6-8(3)4-5-10(9)16(11,12,13,14)15/h4-6H,1H2,2-3H3. The van der Waals surface area contributed by atoms with E-state index in [9.17, 15) is 19.4 Å². The Morgan fingerprint density at radius 3 is 2.00 bits per heavy atom. The summed E-state index contributed by atoms with van der Waals surface area (Å²) in [6.45, 7) is 6.08. The summed E-state index contributed by atoms with van der Waals surface area (Å²) < 4.78 is 63.3. The first-order valence-corrected chi connectivity index (χ1v) is 6.27. The first-order chi connectivity index (χ1) is 6.81. The van der Waals surface area contributed by atoms with Gasteiger partial charge in [0.15, 0.2) is 0 Å². The van der Waals surface area contributed by atoms with Crippen LogP contribution < -0.4 is 0 Å². The first kappa shape index (κ1) is 13.0. The number of allylic oxidation sites excluding steroid dienone is 1. The quantitative estimate of drug-likeness (QED) is 0.598. The van der Waals surface area contributed by atoms with E-state index >= 15 is 0 Å². The van der Waals surface area contributed by atoms with Crippen molar-refractivity contribution in [3.8, 4) is 0 Å². The van der Waals surface area contributed by atoms with Crippen LogP contribution in [0.4, 0.5) is 19.4 Å². The molecule has 0 fully saturated rings. The predicted molar refractivity (Wildman–Crippen MR) is 57.3 cm³/mol. The lowest BCUT2D eigenvalue weighted by atomic mass is 10.1. The summed E-state index contributed by atoms with van der Waals surface area (Å²) in [5, 5.41) is 0. The van der Waals surface area contributed by atoms with Gasteiger partial charge in [-0.1, -0.05) is 43.7 Å². The minimum Gasteiger partial charge on any atom is -0.0955 e. The van der Waals surface area contributed by atoms with Crippen LogP contribution in [0.15, 0.2) is 29.7 Å². The van der Waals surface area contributed by atoms with Crippen LogP contribution in [0.2, 0.25) is 0 Å². The molecule has 92 valence electrons. The Balaban J connectivity index is 3.67. The molecular formula is C10H11F5S. The smallest absolute Gasteiger partial charge is 0.0955 e. The zero-order valence-electron chi connectivity index (χ0n) is 8.74. The van der Waals surface area contributed by atoms with Crippen LogP contribution in [0, 0.1) is 6.92 Å². The summed E-state index contributed by atoms with van der Waals surface area (Å²) in [6.07, 6.45) is 0. The average Bonchev–Trinajstić information content (AvgIpc) is 1.98. The Labute approximate surface area is 90.5 Å². The zero-order valence-corrected chi connectivity index (χ0v) is 9.55. The molecule has 0 spiro atoms. The minimum absolute atomic E-state index is 0.0352. The van der Waals surface area contributed by atoms with E-state index in [-0.39, 0.29) is 5.57 Å². The highest BCUT2D eigenvalue weighted by molar-refractivity contribution is 8.45. The Morgan fingerprint density at radius 1 is 1.12 bits per heavy atom. The molecule has 0 atom stereocenters. The van der Waals surface area contributed by atoms with Gasteiger partial charge in [0, 0.05) is 0 Å². The molecule has 0 saturated heterocycles. The van der Waals surface area contributed by atoms with Gasteiger partial charge in [-0.15, -0.1) is 0 Å². The Bertz CT molecular complexity index is 457. The third kappa shape index (κ3) is 2.75. The highest BCUT2D eigenvalue weighted by atomic mass is 32.5. The van der Waals surface area contributed by atoms with Crippen molar-refractivity contribution >= 4 is 15.8 Å². The molecule has 1 aromatic carbocycles. The van der Waals surface area contributed by atoms with Crippen molar-refractivity contribution < 1.29 is 19.4 Å². The number of aryl methyl sites for hydroxylation is 1. The van der Waals surface area contributed by atoms with Gasteiger partial charge in [-0.25, -0.2) is 0 Å². The van der Waals surface area contributed by atoms with Crippen molar-refractivity contribution in [1.29, 1.82) is 0 Å². The summed E-state index contributed by atoms with van der Waals surface area (Å²) in [5.74, 6) is 0. The molecular weight excluding hydrogens is 247 g/mol. The number of halogens is 5. The molecule has 0 nitrogen and oxygen atoms in total. The second-order valence-electron chi connectivity index (χ2n) is 3.75. The molecule has 0 bridgehead atoms. The third-order valence-electron chi connectivity index (χ3n) is 2.01. The third-order valence-corrected chi connectivity index (χ3v) is 3.20. The first-order valence-electron chi connectivity index (χ1n) is 4.32. The van der Waals surface area contributed by atoms with Crippen molar-refractivity contribution in [3.05, 3.63) is 35.9 Å². The maximum atomic E-state index is 12.7. The summed E-state index contributed by atoms with van der Waals surface area (Å²) in [6, 6.07) is 2.50. The second kappa shape index (κ2) is 2.80. The fraction of sp³-hybridized carbons (Fsp3) is 0.200. The van der Waals surface area contributed by atoms with Gasteiger partial charge in [-0.3, -0.25) is 0 Å². The van der Waals surface area contributed by atoms with Gasteiger partial charge < -0.3 is 0 Å². The molecule has 0 saturated carbocycles. The number of hydrogen-bond donors (Lipinski definition) is 0. The fourth-order valence-corrected chi connectivity index (χ4v) is 2.29. The molecule has 0 amide bonds. The predicted octanol–water partition coefficient (Wildman–Crippen LogP) is 5.69. The lowest BCUT2D eigenvalue weighted by molar-refractivity contribution is 0.363. The van der Waals surface area contributed by atoms with E-state index in [2.05, 4.69) is 6.58 Å². The molecule has 0 aliphatic carbocycles. The average molecular weight is 258 g/mol. The molecule has 0 radical (unpaired) electrons. The van der Waals surface area contributed by atoms with Gasteiger partial charge >= 0.3 is 10.2 Å². The maximum absolute atomic E-state index is 12.7. The molecule has 0 aliphatic heterocycles. The number of benzene rings is 1. The van der Waals surface area contributed by atoms with Crippen LogP contribution in [0.3, 0.4) is 0 Å². The second-order valence-corrected chi connectivity index (χ2v) is 6.13. The normalized spacial score (nSPS) is 16.4. The molecule has 0 unspecified atom stereocenters. The van der Waals surface area contributed by atoms with Crippen molar-refractivity contribution in [3.63, 3.8) is 0 Å². The van der Waals surface area contributed by atoms with Crippen LogP contribution in [-0.4, -0.2) is 0 Å². The van der Waals surface area contributed by atoms with Crippen LogP contribution in [0.1, 0.15) is 18.1 Å². The van der Waals surface area contributed by atoms with E-state index in [1.54, 1.807) is 0 Å². The molecule has 0 aromatic heterocycles. The number of hydrogen-bond acceptors (Lipinski definition) is 0. The largest absolute Gasteiger partial charge is 0.311 e. The van der Waals surface area contributed by atoms with Crippen molar-refractivity contribution in [1.82, 2.24) is 0 Å². The fourth-order valence-electron chi connectivity index (χ4n) is 1.31. The van der Waals surface area contributed by atoms with Crippen molar-refractivity contribution in [2.24, 2.45) is 0 Å². The Hall–Kier alpha value is -1.04. The van der Waals surface area contributed by atoms with E-state index in [4.69, 9.17) is 0 Å². The monoisotopic (exact) mass is 258 g/mol. The molecule has 0 N–H and O–H groups in total. The molecule has 0 heterocycles. The van der Waals surface area contributed by atoms with Crippen LogP contribution in [-0.2, 0) is 0 Å². The summed E-state index contributed by atoms with van der Waals surface area (Å²) >= 11 is 0. The van der Waals surface area contributed by atoms with E-state index in [0.717, 1.165) is 12.1 Å². The minimum atomic E-state index is -9.63. The van der Waals surface area contributed by atoms with Crippen LogP contribution >= 0.6 is 10.2 Å². The van der Waals surface area contributed by atoms with Gasteiger partial charge in [0.2, 0.25) is 0 Å². The number of rotatable bonds is 2. The maximum Gasteiger partial charge on any atom is 0.311 e. The van der Waals surface area contributed by atoms with Crippen molar-refractivity contribution in [2.45, 2.75) is 18.7 Å². The topological polar surface area (TPSA) is 0 Å². The lowest BCUT2D eigenvalue weighted by Crippen LogP contribution is -2.09. The van der Waals surface area contributed by atoms with Gasteiger partial charge in [0.05, 0.1) is 0 Å². The molecule has 16 heavy (non-hydrogen) atoms. The Morgan fingerprint density at radius 2 is 1.62 bits per heavy atom.